The van der Waals surface area contributed by atoms with Crippen molar-refractivity contribution >= 4 is 51.7 Å². The molecule has 0 spiro atoms. The molecule has 0 amide bonds. The van der Waals surface area contributed by atoms with Crippen molar-refractivity contribution in [3.05, 3.63) is 0 Å². The van der Waals surface area contributed by atoms with E-state index in [1.54, 1.807) is 21.0 Å². The largest absolute Gasteiger partial charge is 0.356 e. The summed E-state index contributed by atoms with van der Waals surface area (Å²) in [5.74, 6) is 2.17. The summed E-state index contributed by atoms with van der Waals surface area (Å²) < 4.78 is 25.0. The highest BCUT2D eigenvalue weighted by Gasteiger charge is 2.28. The van der Waals surface area contributed by atoms with Crippen molar-refractivity contribution in [1.29, 1.82) is 0 Å². The van der Waals surface area contributed by atoms with Crippen LogP contribution in [0.2, 0.25) is 0 Å². The van der Waals surface area contributed by atoms with Gasteiger partial charge in [0.25, 0.3) is 0 Å². The maximum Gasteiger partial charge on any atom is 0.213 e. The molecule has 0 saturated carbocycles. The summed E-state index contributed by atoms with van der Waals surface area (Å²) in [5, 5.41) is 3.35. The average Bonchev–Trinajstić information content (AvgIpc) is 2.45. The normalized spacial score (nSPS) is 18.7. The molecule has 0 bridgehead atoms. The molecule has 0 atom stereocenters. The van der Waals surface area contributed by atoms with Crippen LogP contribution in [-0.4, -0.2) is 80.1 Å². The molecular formula is C14H31IN4O2S2. The fraction of sp³-hybridized carbons (Fsp3) is 0.929. The quantitative estimate of drug-likeness (QED) is 0.273. The molecule has 138 valence electrons. The van der Waals surface area contributed by atoms with Crippen LogP contribution in [0.25, 0.3) is 0 Å². The number of aliphatic imine (C=N–C) groups is 1. The van der Waals surface area contributed by atoms with E-state index < -0.39 is 10.0 Å². The zero-order chi connectivity index (χ0) is 16.8. The molecule has 23 heavy (non-hydrogen) atoms. The SMILES string of the molecule is CCS(=O)(=O)N(C)CCCNC(=NC)N1CCSC(C)(C)C1.I. The molecule has 0 aromatic rings. The van der Waals surface area contributed by atoms with Crippen LogP contribution in [0.3, 0.4) is 0 Å². The third kappa shape index (κ3) is 7.78. The minimum atomic E-state index is -3.08. The lowest BCUT2D eigenvalue weighted by molar-refractivity contribution is 0.374. The van der Waals surface area contributed by atoms with Gasteiger partial charge in [0.1, 0.15) is 0 Å². The molecule has 1 aliphatic rings. The highest BCUT2D eigenvalue weighted by atomic mass is 127. The second-order valence-corrected chi connectivity index (χ2v) is 10.2. The van der Waals surface area contributed by atoms with Gasteiger partial charge in [-0.3, -0.25) is 4.99 Å². The summed E-state index contributed by atoms with van der Waals surface area (Å²) in [6, 6.07) is 0. The van der Waals surface area contributed by atoms with Crippen molar-refractivity contribution in [2.75, 3.05) is 51.8 Å². The molecule has 1 heterocycles. The number of thioether (sulfide) groups is 1. The van der Waals surface area contributed by atoms with Gasteiger partial charge >= 0.3 is 0 Å². The summed E-state index contributed by atoms with van der Waals surface area (Å²) in [4.78, 5) is 6.63. The van der Waals surface area contributed by atoms with Crippen LogP contribution < -0.4 is 5.32 Å². The molecule has 0 unspecified atom stereocenters. The Kier molecular flexibility index (Phi) is 10.4. The van der Waals surface area contributed by atoms with E-state index in [1.807, 2.05) is 11.8 Å². The molecule has 0 radical (unpaired) electrons. The Labute approximate surface area is 162 Å². The van der Waals surface area contributed by atoms with Gasteiger partial charge in [-0.2, -0.15) is 11.8 Å². The Morgan fingerprint density at radius 1 is 1.43 bits per heavy atom. The van der Waals surface area contributed by atoms with Gasteiger partial charge in [0.2, 0.25) is 10.0 Å². The average molecular weight is 478 g/mol. The van der Waals surface area contributed by atoms with Crippen molar-refractivity contribution in [2.45, 2.75) is 31.9 Å². The van der Waals surface area contributed by atoms with E-state index >= 15 is 0 Å². The number of nitrogens with one attached hydrogen (secondary N) is 1. The second-order valence-electron chi connectivity index (χ2n) is 6.08. The standard InChI is InChI=1S/C14H30N4O2S2.HI/c1-6-22(19,20)17(5)9-7-8-16-13(15-4)18-10-11-21-14(2,3)12-18;/h6-12H2,1-5H3,(H,15,16);1H. The predicted molar refractivity (Wildman–Crippen MR) is 112 cm³/mol. The van der Waals surface area contributed by atoms with Gasteiger partial charge in [-0.05, 0) is 27.2 Å². The Bertz CT molecular complexity index is 483. The van der Waals surface area contributed by atoms with Crippen LogP contribution in [0.1, 0.15) is 27.2 Å². The van der Waals surface area contributed by atoms with Crippen LogP contribution in [0, 0.1) is 0 Å². The van der Waals surface area contributed by atoms with E-state index in [1.165, 1.54) is 4.31 Å². The van der Waals surface area contributed by atoms with Gasteiger partial charge in [0, 0.05) is 50.8 Å². The topological polar surface area (TPSA) is 65.0 Å². The zero-order valence-corrected chi connectivity index (χ0v) is 18.8. The number of hydrogen-bond acceptors (Lipinski definition) is 4. The van der Waals surface area contributed by atoms with E-state index in [4.69, 9.17) is 0 Å². The predicted octanol–water partition coefficient (Wildman–Crippen LogP) is 1.68. The molecule has 0 aromatic heterocycles. The summed E-state index contributed by atoms with van der Waals surface area (Å²) in [7, 11) is 0.355. The molecular weight excluding hydrogens is 447 g/mol. The number of guanidine groups is 1. The van der Waals surface area contributed by atoms with Crippen molar-refractivity contribution in [2.24, 2.45) is 4.99 Å². The summed E-state index contributed by atoms with van der Waals surface area (Å²) in [6.45, 7) is 9.40. The van der Waals surface area contributed by atoms with Crippen molar-refractivity contribution in [3.8, 4) is 0 Å². The molecule has 6 nitrogen and oxygen atoms in total. The third-order valence-corrected chi connectivity index (χ3v) is 6.87. The third-order valence-electron chi connectivity index (χ3n) is 3.71. The van der Waals surface area contributed by atoms with Crippen molar-refractivity contribution in [3.63, 3.8) is 0 Å². The maximum atomic E-state index is 11.7. The first-order chi connectivity index (χ1) is 10.2. The van der Waals surface area contributed by atoms with Gasteiger partial charge in [0.15, 0.2) is 5.96 Å². The van der Waals surface area contributed by atoms with Gasteiger partial charge < -0.3 is 10.2 Å². The molecule has 0 aromatic carbocycles. The number of sulfonamides is 1. The number of halogens is 1. The first-order valence-corrected chi connectivity index (χ1v) is 10.3. The monoisotopic (exact) mass is 478 g/mol. The number of rotatable bonds is 6. The summed E-state index contributed by atoms with van der Waals surface area (Å²) in [6.07, 6.45) is 0.765. The number of hydrogen-bond donors (Lipinski definition) is 1. The van der Waals surface area contributed by atoms with E-state index in [2.05, 4.69) is 29.1 Å². The van der Waals surface area contributed by atoms with Crippen molar-refractivity contribution in [1.82, 2.24) is 14.5 Å². The maximum absolute atomic E-state index is 11.7. The Balaban J connectivity index is 0.00000484. The van der Waals surface area contributed by atoms with E-state index in [0.29, 0.717) is 6.54 Å². The minimum absolute atomic E-state index is 0. The van der Waals surface area contributed by atoms with Crippen LogP contribution in [-0.2, 0) is 10.0 Å². The molecule has 1 N–H and O–H groups in total. The van der Waals surface area contributed by atoms with Crippen LogP contribution in [0.15, 0.2) is 4.99 Å². The first kappa shape index (κ1) is 23.3. The van der Waals surface area contributed by atoms with E-state index in [9.17, 15) is 8.42 Å². The van der Waals surface area contributed by atoms with Gasteiger partial charge in [-0.1, -0.05) is 0 Å². The van der Waals surface area contributed by atoms with Crippen LogP contribution in [0.4, 0.5) is 0 Å². The minimum Gasteiger partial charge on any atom is -0.356 e. The van der Waals surface area contributed by atoms with Gasteiger partial charge in [0.05, 0.1) is 5.75 Å². The van der Waals surface area contributed by atoms with E-state index in [0.717, 1.165) is 37.8 Å². The second kappa shape index (κ2) is 10.3. The van der Waals surface area contributed by atoms with E-state index in [-0.39, 0.29) is 34.5 Å². The Morgan fingerprint density at radius 2 is 2.09 bits per heavy atom. The molecule has 1 fully saturated rings. The lowest BCUT2D eigenvalue weighted by Crippen LogP contribution is -2.51. The van der Waals surface area contributed by atoms with Gasteiger partial charge in [-0.15, -0.1) is 24.0 Å². The molecule has 1 aliphatic heterocycles. The smallest absolute Gasteiger partial charge is 0.213 e. The first-order valence-electron chi connectivity index (χ1n) is 7.75. The van der Waals surface area contributed by atoms with Gasteiger partial charge in [-0.25, -0.2) is 12.7 Å². The van der Waals surface area contributed by atoms with Crippen LogP contribution in [0.5, 0.6) is 0 Å². The Morgan fingerprint density at radius 3 is 2.61 bits per heavy atom. The van der Waals surface area contributed by atoms with Crippen LogP contribution >= 0.6 is 35.7 Å². The molecule has 9 heteroatoms. The fourth-order valence-electron chi connectivity index (χ4n) is 2.39. The zero-order valence-electron chi connectivity index (χ0n) is 14.8. The molecule has 1 saturated heterocycles. The summed E-state index contributed by atoms with van der Waals surface area (Å²) >= 11 is 1.99. The number of nitrogens with zero attached hydrogens (tertiary/aromatic N) is 3. The summed E-state index contributed by atoms with van der Waals surface area (Å²) in [5.41, 5.74) is 0. The highest BCUT2D eigenvalue weighted by Crippen LogP contribution is 2.29. The Hall–Kier alpha value is 0.260. The van der Waals surface area contributed by atoms with Crippen molar-refractivity contribution < 1.29 is 8.42 Å². The lowest BCUT2D eigenvalue weighted by Gasteiger charge is -2.39. The highest BCUT2D eigenvalue weighted by molar-refractivity contribution is 14.0. The molecule has 0 aliphatic carbocycles. The fourth-order valence-corrected chi connectivity index (χ4v) is 4.35. The lowest BCUT2D eigenvalue weighted by atomic mass is 10.2. The molecule has 1 rings (SSSR count).